The topological polar surface area (TPSA) is 64.8 Å². The van der Waals surface area contributed by atoms with Crippen molar-refractivity contribution in [2.24, 2.45) is 0 Å². The first-order chi connectivity index (χ1) is 9.09. The van der Waals surface area contributed by atoms with Crippen LogP contribution in [0.2, 0.25) is 0 Å². The minimum absolute atomic E-state index is 0.173. The van der Waals surface area contributed by atoms with Gasteiger partial charge in [-0.1, -0.05) is 33.3 Å². The second-order valence-electron chi connectivity index (χ2n) is 3.88. The number of hydrogen-bond acceptors (Lipinski definition) is 4. The number of aromatic nitrogens is 3. The van der Waals surface area contributed by atoms with Crippen LogP contribution in [0.3, 0.4) is 0 Å². The van der Waals surface area contributed by atoms with Gasteiger partial charge in [-0.2, -0.15) is 8.42 Å². The maximum Gasteiger partial charge on any atom is 0.284 e. The van der Waals surface area contributed by atoms with Gasteiger partial charge in [0.15, 0.2) is 0 Å². The molecule has 96 valence electrons. The molecule has 2 aromatic carbocycles. The lowest BCUT2D eigenvalue weighted by Gasteiger charge is -2.04. The van der Waals surface area contributed by atoms with Gasteiger partial charge in [-0.3, -0.25) is 0 Å². The van der Waals surface area contributed by atoms with E-state index >= 15 is 0 Å². The molecule has 0 unspecified atom stereocenters. The third kappa shape index (κ3) is 2.04. The predicted octanol–water partition coefficient (Wildman–Crippen LogP) is 2.43. The second kappa shape index (κ2) is 4.43. The average molecular weight is 338 g/mol. The number of para-hydroxylation sites is 1. The van der Waals surface area contributed by atoms with Gasteiger partial charge < -0.3 is 0 Å². The molecule has 0 atom stereocenters. The molecule has 0 bridgehead atoms. The van der Waals surface area contributed by atoms with E-state index in [1.807, 2.05) is 0 Å². The molecule has 7 heteroatoms. The van der Waals surface area contributed by atoms with Crippen molar-refractivity contribution in [1.29, 1.82) is 0 Å². The first-order valence-electron chi connectivity index (χ1n) is 5.40. The molecule has 0 aliphatic carbocycles. The van der Waals surface area contributed by atoms with Crippen LogP contribution >= 0.6 is 15.9 Å². The van der Waals surface area contributed by atoms with E-state index in [1.54, 1.807) is 36.4 Å². The highest BCUT2D eigenvalue weighted by Gasteiger charge is 2.20. The molecule has 1 heterocycles. The molecule has 0 fully saturated rings. The first-order valence-corrected chi connectivity index (χ1v) is 7.64. The van der Waals surface area contributed by atoms with Gasteiger partial charge in [0.2, 0.25) is 0 Å². The Morgan fingerprint density at radius 2 is 1.68 bits per heavy atom. The normalized spacial score (nSPS) is 11.8. The number of fused-ring (bicyclic) bond motifs is 1. The Labute approximate surface area is 118 Å². The molecule has 1 aromatic heterocycles. The lowest BCUT2D eigenvalue weighted by Crippen LogP contribution is -2.14. The summed E-state index contributed by atoms with van der Waals surface area (Å²) in [5.41, 5.74) is 1.01. The van der Waals surface area contributed by atoms with Crippen LogP contribution in [0.1, 0.15) is 0 Å². The predicted molar refractivity (Wildman–Crippen MR) is 74.3 cm³/mol. The number of nitrogens with zero attached hydrogens (tertiary/aromatic N) is 3. The van der Waals surface area contributed by atoms with E-state index < -0.39 is 10.0 Å². The summed E-state index contributed by atoms with van der Waals surface area (Å²) < 4.78 is 26.7. The number of hydrogen-bond donors (Lipinski definition) is 0. The third-order valence-corrected chi connectivity index (χ3v) is 4.78. The van der Waals surface area contributed by atoms with Crippen LogP contribution in [0, 0.1) is 0 Å². The third-order valence-electron chi connectivity index (χ3n) is 2.66. The van der Waals surface area contributed by atoms with Gasteiger partial charge in [0.05, 0.1) is 4.90 Å². The molecule has 19 heavy (non-hydrogen) atoms. The highest BCUT2D eigenvalue weighted by atomic mass is 79.9. The molecule has 0 saturated heterocycles. The van der Waals surface area contributed by atoms with Crippen LogP contribution in [0.5, 0.6) is 0 Å². The molecule has 3 aromatic rings. The van der Waals surface area contributed by atoms with Gasteiger partial charge in [0.25, 0.3) is 10.0 Å². The van der Waals surface area contributed by atoms with Crippen molar-refractivity contribution in [3.8, 4) is 0 Å². The largest absolute Gasteiger partial charge is 0.284 e. The number of benzene rings is 2. The summed E-state index contributed by atoms with van der Waals surface area (Å²) in [5, 5.41) is 7.59. The standard InChI is InChI=1S/C12H8BrN3O2S/c13-9-5-7-10(8-6-9)19(17,18)16-12-4-2-1-3-11(12)14-15-16/h1-8H. The summed E-state index contributed by atoms with van der Waals surface area (Å²) >= 11 is 3.27. The van der Waals surface area contributed by atoms with Gasteiger partial charge in [0.1, 0.15) is 11.0 Å². The summed E-state index contributed by atoms with van der Waals surface area (Å²) in [6.07, 6.45) is 0. The SMILES string of the molecule is O=S(=O)(c1ccc(Br)cc1)n1nnc2ccccc21. The zero-order valence-electron chi connectivity index (χ0n) is 9.56. The summed E-state index contributed by atoms with van der Waals surface area (Å²) in [6.45, 7) is 0. The van der Waals surface area contributed by atoms with E-state index in [9.17, 15) is 8.42 Å². The highest BCUT2D eigenvalue weighted by molar-refractivity contribution is 9.10. The monoisotopic (exact) mass is 337 g/mol. The van der Waals surface area contributed by atoms with Gasteiger partial charge >= 0.3 is 0 Å². The van der Waals surface area contributed by atoms with Gasteiger partial charge in [0, 0.05) is 4.47 Å². The van der Waals surface area contributed by atoms with E-state index in [2.05, 4.69) is 26.2 Å². The van der Waals surface area contributed by atoms with Gasteiger partial charge in [-0.05, 0) is 36.4 Å². The van der Waals surface area contributed by atoms with Crippen LogP contribution in [-0.4, -0.2) is 22.8 Å². The Bertz CT molecular complexity index is 841. The molecule has 0 amide bonds. The fraction of sp³-hybridized carbons (Fsp3) is 0. The zero-order chi connectivity index (χ0) is 13.5. The van der Waals surface area contributed by atoms with E-state index in [0.717, 1.165) is 8.56 Å². The van der Waals surface area contributed by atoms with E-state index in [4.69, 9.17) is 0 Å². The average Bonchev–Trinajstić information content (AvgIpc) is 2.83. The molecule has 0 saturated carbocycles. The number of halogens is 1. The molecule has 3 rings (SSSR count). The molecular weight excluding hydrogens is 330 g/mol. The minimum atomic E-state index is -3.72. The Balaban J connectivity index is 2.22. The van der Waals surface area contributed by atoms with Crippen LogP contribution in [0.4, 0.5) is 0 Å². The number of rotatable bonds is 2. The smallest absolute Gasteiger partial charge is 0.199 e. The van der Waals surface area contributed by atoms with Crippen molar-refractivity contribution < 1.29 is 8.42 Å². The lowest BCUT2D eigenvalue weighted by molar-refractivity contribution is 0.579. The second-order valence-corrected chi connectivity index (χ2v) is 6.56. The molecule has 0 N–H and O–H groups in total. The Hall–Kier alpha value is -1.73. The molecule has 0 aliphatic rings. The Kier molecular flexibility index (Phi) is 2.87. The van der Waals surface area contributed by atoms with E-state index in [-0.39, 0.29) is 4.90 Å². The fourth-order valence-corrected chi connectivity index (χ4v) is 3.22. The maximum atomic E-state index is 12.5. The van der Waals surface area contributed by atoms with Crippen LogP contribution in [0.25, 0.3) is 11.0 Å². The van der Waals surface area contributed by atoms with E-state index in [1.165, 1.54) is 12.1 Å². The fourth-order valence-electron chi connectivity index (χ4n) is 1.73. The van der Waals surface area contributed by atoms with Gasteiger partial charge in [-0.25, -0.2) is 0 Å². The van der Waals surface area contributed by atoms with Crippen LogP contribution in [0.15, 0.2) is 57.9 Å². The minimum Gasteiger partial charge on any atom is -0.199 e. The van der Waals surface area contributed by atoms with E-state index in [0.29, 0.717) is 11.0 Å². The lowest BCUT2D eigenvalue weighted by atomic mass is 10.3. The van der Waals surface area contributed by atoms with Crippen molar-refractivity contribution in [3.05, 3.63) is 53.0 Å². The first kappa shape index (κ1) is 12.3. The zero-order valence-corrected chi connectivity index (χ0v) is 12.0. The maximum absolute atomic E-state index is 12.5. The van der Waals surface area contributed by atoms with Crippen molar-refractivity contribution in [1.82, 2.24) is 14.4 Å². The molecule has 0 spiro atoms. The Morgan fingerprint density at radius 3 is 2.42 bits per heavy atom. The highest BCUT2D eigenvalue weighted by Crippen LogP contribution is 2.20. The molecular formula is C12H8BrN3O2S. The summed E-state index contributed by atoms with van der Waals surface area (Å²) in [4.78, 5) is 0.173. The molecule has 0 aliphatic heterocycles. The summed E-state index contributed by atoms with van der Waals surface area (Å²) in [6, 6.07) is 13.3. The van der Waals surface area contributed by atoms with Crippen molar-refractivity contribution in [3.63, 3.8) is 0 Å². The van der Waals surface area contributed by atoms with Crippen LogP contribution < -0.4 is 0 Å². The van der Waals surface area contributed by atoms with Gasteiger partial charge in [-0.15, -0.1) is 9.19 Å². The van der Waals surface area contributed by atoms with Crippen molar-refractivity contribution in [2.75, 3.05) is 0 Å². The molecule has 5 nitrogen and oxygen atoms in total. The van der Waals surface area contributed by atoms with Crippen molar-refractivity contribution in [2.45, 2.75) is 4.90 Å². The van der Waals surface area contributed by atoms with Crippen LogP contribution in [-0.2, 0) is 10.0 Å². The van der Waals surface area contributed by atoms with Crippen molar-refractivity contribution >= 4 is 37.0 Å². The summed E-state index contributed by atoms with van der Waals surface area (Å²) in [7, 11) is -3.72. The Morgan fingerprint density at radius 1 is 1.00 bits per heavy atom. The summed E-state index contributed by atoms with van der Waals surface area (Å²) in [5.74, 6) is 0. The quantitative estimate of drug-likeness (QED) is 0.720. The molecule has 0 radical (unpaired) electrons.